The fourth-order valence-electron chi connectivity index (χ4n) is 1.25. The maximum Gasteiger partial charge on any atom is 0.0867 e. The van der Waals surface area contributed by atoms with Gasteiger partial charge in [0.2, 0.25) is 0 Å². The highest BCUT2D eigenvalue weighted by atomic mass is 32.2. The molecule has 1 aromatic carbocycles. The molecular formula is C9H10N2S. The van der Waals surface area contributed by atoms with Crippen molar-refractivity contribution >= 4 is 22.7 Å². The molecule has 0 saturated heterocycles. The minimum atomic E-state index is 0.924. The van der Waals surface area contributed by atoms with Crippen molar-refractivity contribution in [3.05, 3.63) is 30.5 Å². The van der Waals surface area contributed by atoms with E-state index in [0.717, 1.165) is 5.88 Å². The van der Waals surface area contributed by atoms with Crippen LogP contribution < -0.4 is 0 Å². The van der Waals surface area contributed by atoms with Crippen molar-refractivity contribution in [3.63, 3.8) is 0 Å². The molecule has 1 aromatic heterocycles. The van der Waals surface area contributed by atoms with Gasteiger partial charge in [-0.1, -0.05) is 18.2 Å². The largest absolute Gasteiger partial charge is 0.255 e. The van der Waals surface area contributed by atoms with E-state index in [1.165, 1.54) is 10.9 Å². The fraction of sp³-hybridized carbons (Fsp3) is 0.222. The Morgan fingerprint density at radius 2 is 2.25 bits per heavy atom. The monoisotopic (exact) mass is 178 g/mol. The molecule has 0 aliphatic heterocycles. The Labute approximate surface area is 75.6 Å². The van der Waals surface area contributed by atoms with Crippen LogP contribution in [0.2, 0.25) is 0 Å². The zero-order valence-corrected chi connectivity index (χ0v) is 7.71. The first-order chi connectivity index (χ1) is 5.92. The lowest BCUT2D eigenvalue weighted by Crippen LogP contribution is -1.94. The molecule has 0 aliphatic carbocycles. The molecule has 0 unspecified atom stereocenters. The third kappa shape index (κ3) is 1.20. The second-order valence-electron chi connectivity index (χ2n) is 2.62. The number of para-hydroxylation sites is 1. The van der Waals surface area contributed by atoms with Gasteiger partial charge in [0, 0.05) is 5.39 Å². The van der Waals surface area contributed by atoms with Gasteiger partial charge in [-0.05, 0) is 12.3 Å². The average molecular weight is 178 g/mol. The summed E-state index contributed by atoms with van der Waals surface area (Å²) in [7, 11) is 0. The molecule has 12 heavy (non-hydrogen) atoms. The van der Waals surface area contributed by atoms with E-state index in [0.29, 0.717) is 0 Å². The van der Waals surface area contributed by atoms with Gasteiger partial charge < -0.3 is 0 Å². The van der Waals surface area contributed by atoms with Gasteiger partial charge in [-0.25, -0.2) is 0 Å². The van der Waals surface area contributed by atoms with Crippen LogP contribution in [0.15, 0.2) is 30.5 Å². The van der Waals surface area contributed by atoms with Crippen molar-refractivity contribution in [3.8, 4) is 0 Å². The summed E-state index contributed by atoms with van der Waals surface area (Å²) >= 11 is 1.77. The molecule has 62 valence electrons. The predicted molar refractivity (Wildman–Crippen MR) is 53.2 cm³/mol. The number of fused-ring (bicyclic) bond motifs is 1. The minimum Gasteiger partial charge on any atom is -0.255 e. The summed E-state index contributed by atoms with van der Waals surface area (Å²) in [4.78, 5) is 0. The van der Waals surface area contributed by atoms with Gasteiger partial charge in [-0.2, -0.15) is 5.10 Å². The molecular weight excluding hydrogens is 168 g/mol. The number of hydrogen-bond donors (Lipinski definition) is 0. The molecule has 0 N–H and O–H groups in total. The summed E-state index contributed by atoms with van der Waals surface area (Å²) in [5.74, 6) is 0.924. The maximum atomic E-state index is 4.28. The standard InChI is InChI=1S/C9H10N2S/c1-12-7-11-9-5-3-2-4-8(9)6-10-11/h2-6H,7H2,1H3. The molecule has 3 heteroatoms. The Morgan fingerprint density at radius 3 is 3.08 bits per heavy atom. The molecule has 0 spiro atoms. The fourth-order valence-corrected chi connectivity index (χ4v) is 1.70. The van der Waals surface area contributed by atoms with Gasteiger partial charge in [-0.15, -0.1) is 11.8 Å². The Kier molecular flexibility index (Phi) is 2.04. The molecule has 0 saturated carbocycles. The average Bonchev–Trinajstić information content (AvgIpc) is 2.50. The van der Waals surface area contributed by atoms with Crippen molar-refractivity contribution < 1.29 is 0 Å². The van der Waals surface area contributed by atoms with Crippen molar-refractivity contribution in [2.24, 2.45) is 0 Å². The second kappa shape index (κ2) is 3.19. The number of benzene rings is 1. The Morgan fingerprint density at radius 1 is 1.42 bits per heavy atom. The number of nitrogens with zero attached hydrogens (tertiary/aromatic N) is 2. The lowest BCUT2D eigenvalue weighted by molar-refractivity contribution is 0.780. The van der Waals surface area contributed by atoms with Crippen LogP contribution in [0.5, 0.6) is 0 Å². The molecule has 2 rings (SSSR count). The molecule has 2 nitrogen and oxygen atoms in total. The summed E-state index contributed by atoms with van der Waals surface area (Å²) in [6.45, 7) is 0. The van der Waals surface area contributed by atoms with Gasteiger partial charge in [0.15, 0.2) is 0 Å². The lowest BCUT2D eigenvalue weighted by atomic mass is 10.3. The minimum absolute atomic E-state index is 0.924. The topological polar surface area (TPSA) is 17.8 Å². The summed E-state index contributed by atoms with van der Waals surface area (Å²) in [6, 6.07) is 8.26. The normalized spacial score (nSPS) is 10.8. The Bertz CT molecular complexity index is 381. The highest BCUT2D eigenvalue weighted by Gasteiger charge is 1.98. The van der Waals surface area contributed by atoms with Crippen molar-refractivity contribution in [2.45, 2.75) is 5.88 Å². The third-order valence-electron chi connectivity index (χ3n) is 1.80. The van der Waals surface area contributed by atoms with E-state index in [-0.39, 0.29) is 0 Å². The van der Waals surface area contributed by atoms with Crippen LogP contribution in [0.25, 0.3) is 10.9 Å². The van der Waals surface area contributed by atoms with E-state index in [1.807, 2.05) is 23.0 Å². The molecule has 0 fully saturated rings. The Balaban J connectivity index is 2.55. The molecule has 2 aromatic rings. The van der Waals surface area contributed by atoms with Crippen LogP contribution in [0, 0.1) is 0 Å². The Hall–Kier alpha value is -0.960. The van der Waals surface area contributed by atoms with E-state index in [2.05, 4.69) is 23.5 Å². The number of hydrogen-bond acceptors (Lipinski definition) is 2. The lowest BCUT2D eigenvalue weighted by Gasteiger charge is -1.98. The summed E-state index contributed by atoms with van der Waals surface area (Å²) < 4.78 is 2.01. The molecule has 1 heterocycles. The van der Waals surface area contributed by atoms with Crippen LogP contribution in [0.1, 0.15) is 0 Å². The SMILES string of the molecule is CSCn1ncc2ccccc21. The van der Waals surface area contributed by atoms with E-state index in [1.54, 1.807) is 11.8 Å². The number of aromatic nitrogens is 2. The molecule has 0 atom stereocenters. The van der Waals surface area contributed by atoms with Crippen LogP contribution >= 0.6 is 11.8 Å². The highest BCUT2D eigenvalue weighted by molar-refractivity contribution is 7.97. The third-order valence-corrected chi connectivity index (χ3v) is 2.31. The van der Waals surface area contributed by atoms with E-state index < -0.39 is 0 Å². The molecule has 0 bridgehead atoms. The van der Waals surface area contributed by atoms with Crippen molar-refractivity contribution in [1.29, 1.82) is 0 Å². The predicted octanol–water partition coefficient (Wildman–Crippen LogP) is 2.36. The summed E-state index contributed by atoms with van der Waals surface area (Å²) in [5, 5.41) is 5.50. The van der Waals surface area contributed by atoms with Crippen LogP contribution in [0.4, 0.5) is 0 Å². The first-order valence-electron chi connectivity index (χ1n) is 3.81. The smallest absolute Gasteiger partial charge is 0.0867 e. The number of thioether (sulfide) groups is 1. The van der Waals surface area contributed by atoms with Gasteiger partial charge in [0.05, 0.1) is 17.6 Å². The second-order valence-corrected chi connectivity index (χ2v) is 3.46. The molecule has 0 amide bonds. The quantitative estimate of drug-likeness (QED) is 0.702. The zero-order valence-electron chi connectivity index (χ0n) is 6.90. The maximum absolute atomic E-state index is 4.28. The van der Waals surface area contributed by atoms with E-state index in [4.69, 9.17) is 0 Å². The first-order valence-corrected chi connectivity index (χ1v) is 5.20. The summed E-state index contributed by atoms with van der Waals surface area (Å²) in [5.41, 5.74) is 1.21. The van der Waals surface area contributed by atoms with Gasteiger partial charge in [-0.3, -0.25) is 4.68 Å². The zero-order chi connectivity index (χ0) is 8.39. The van der Waals surface area contributed by atoms with Gasteiger partial charge in [0.25, 0.3) is 0 Å². The van der Waals surface area contributed by atoms with Crippen molar-refractivity contribution in [2.75, 3.05) is 6.26 Å². The van der Waals surface area contributed by atoms with Gasteiger partial charge >= 0.3 is 0 Å². The molecule has 0 radical (unpaired) electrons. The van der Waals surface area contributed by atoms with Crippen LogP contribution in [-0.4, -0.2) is 16.0 Å². The van der Waals surface area contributed by atoms with Crippen LogP contribution in [-0.2, 0) is 5.88 Å². The van der Waals surface area contributed by atoms with Crippen molar-refractivity contribution in [1.82, 2.24) is 9.78 Å². The van der Waals surface area contributed by atoms with E-state index in [9.17, 15) is 0 Å². The van der Waals surface area contributed by atoms with Crippen LogP contribution in [0.3, 0.4) is 0 Å². The first kappa shape index (κ1) is 7.68. The highest BCUT2D eigenvalue weighted by Crippen LogP contribution is 2.14. The molecule has 0 aliphatic rings. The van der Waals surface area contributed by atoms with Gasteiger partial charge in [0.1, 0.15) is 0 Å². The number of rotatable bonds is 2. The summed E-state index contributed by atoms with van der Waals surface area (Å²) in [6.07, 6.45) is 3.99. The van der Waals surface area contributed by atoms with E-state index >= 15 is 0 Å².